The minimum absolute atomic E-state index is 0.0197. The SMILES string of the molecule is CC1(C)[C@H]2CC[C@@](N)(C2)[C@H]1N. The molecule has 11 heavy (non-hydrogen) atoms. The van der Waals surface area contributed by atoms with Gasteiger partial charge >= 0.3 is 0 Å². The predicted molar refractivity (Wildman–Crippen MR) is 46.0 cm³/mol. The Morgan fingerprint density at radius 1 is 1.36 bits per heavy atom. The molecule has 0 aromatic carbocycles. The third-order valence-corrected chi connectivity index (χ3v) is 4.06. The van der Waals surface area contributed by atoms with E-state index in [1.165, 1.54) is 6.42 Å². The fraction of sp³-hybridized carbons (Fsp3) is 1.00. The average molecular weight is 154 g/mol. The van der Waals surface area contributed by atoms with Crippen molar-refractivity contribution in [2.24, 2.45) is 22.8 Å². The van der Waals surface area contributed by atoms with Gasteiger partial charge in [-0.3, -0.25) is 0 Å². The second-order valence-corrected chi connectivity index (χ2v) is 4.97. The van der Waals surface area contributed by atoms with Gasteiger partial charge in [0, 0.05) is 11.6 Å². The Hall–Kier alpha value is -0.0800. The van der Waals surface area contributed by atoms with E-state index in [1.54, 1.807) is 0 Å². The molecule has 2 aliphatic rings. The zero-order valence-corrected chi connectivity index (χ0v) is 7.43. The van der Waals surface area contributed by atoms with Crippen LogP contribution in [0.3, 0.4) is 0 Å². The topological polar surface area (TPSA) is 52.0 Å². The van der Waals surface area contributed by atoms with Crippen LogP contribution in [0.4, 0.5) is 0 Å². The van der Waals surface area contributed by atoms with Crippen LogP contribution in [0.15, 0.2) is 0 Å². The van der Waals surface area contributed by atoms with Crippen LogP contribution in [0.25, 0.3) is 0 Å². The lowest BCUT2D eigenvalue weighted by Crippen LogP contribution is -2.57. The van der Waals surface area contributed by atoms with Crippen molar-refractivity contribution in [1.29, 1.82) is 0 Å². The Morgan fingerprint density at radius 3 is 2.27 bits per heavy atom. The number of hydrogen-bond acceptors (Lipinski definition) is 2. The Kier molecular flexibility index (Phi) is 1.24. The second kappa shape index (κ2) is 1.80. The molecule has 2 bridgehead atoms. The molecule has 2 nitrogen and oxygen atoms in total. The van der Waals surface area contributed by atoms with E-state index in [0.29, 0.717) is 0 Å². The van der Waals surface area contributed by atoms with Gasteiger partial charge in [-0.2, -0.15) is 0 Å². The average Bonchev–Trinajstić information content (AvgIpc) is 2.36. The van der Waals surface area contributed by atoms with Crippen LogP contribution >= 0.6 is 0 Å². The van der Waals surface area contributed by atoms with E-state index in [9.17, 15) is 0 Å². The van der Waals surface area contributed by atoms with E-state index in [2.05, 4.69) is 13.8 Å². The zero-order valence-electron chi connectivity index (χ0n) is 7.43. The molecular formula is C9H18N2. The molecular weight excluding hydrogens is 136 g/mol. The van der Waals surface area contributed by atoms with Crippen molar-refractivity contribution in [3.8, 4) is 0 Å². The van der Waals surface area contributed by atoms with Gasteiger partial charge in [0.15, 0.2) is 0 Å². The molecule has 0 spiro atoms. The van der Waals surface area contributed by atoms with Crippen LogP contribution in [-0.2, 0) is 0 Å². The summed E-state index contributed by atoms with van der Waals surface area (Å²) in [6, 6.07) is 0.216. The molecule has 0 unspecified atom stereocenters. The predicted octanol–water partition coefficient (Wildman–Crippen LogP) is 0.851. The van der Waals surface area contributed by atoms with Crippen LogP contribution in [0.1, 0.15) is 33.1 Å². The molecule has 0 aliphatic heterocycles. The lowest BCUT2D eigenvalue weighted by Gasteiger charge is -2.39. The summed E-state index contributed by atoms with van der Waals surface area (Å²) >= 11 is 0. The monoisotopic (exact) mass is 154 g/mol. The normalized spacial score (nSPS) is 53.5. The molecule has 2 heteroatoms. The largest absolute Gasteiger partial charge is 0.326 e. The third-order valence-electron chi connectivity index (χ3n) is 4.06. The summed E-state index contributed by atoms with van der Waals surface area (Å²) in [6.45, 7) is 4.52. The minimum atomic E-state index is -0.0197. The molecule has 64 valence electrons. The molecule has 3 atom stereocenters. The van der Waals surface area contributed by atoms with Crippen molar-refractivity contribution < 1.29 is 0 Å². The van der Waals surface area contributed by atoms with Gasteiger partial charge in [0.1, 0.15) is 0 Å². The van der Waals surface area contributed by atoms with Gasteiger partial charge in [0.25, 0.3) is 0 Å². The first kappa shape index (κ1) is 7.56. The first-order valence-corrected chi connectivity index (χ1v) is 4.51. The van der Waals surface area contributed by atoms with Crippen molar-refractivity contribution in [2.45, 2.75) is 44.7 Å². The fourth-order valence-corrected chi connectivity index (χ4v) is 3.02. The summed E-state index contributed by atoms with van der Waals surface area (Å²) in [4.78, 5) is 0. The summed E-state index contributed by atoms with van der Waals surface area (Å²) < 4.78 is 0. The molecule has 0 amide bonds. The second-order valence-electron chi connectivity index (χ2n) is 4.97. The summed E-state index contributed by atoms with van der Waals surface area (Å²) in [5.41, 5.74) is 12.6. The first-order valence-electron chi connectivity index (χ1n) is 4.51. The third kappa shape index (κ3) is 0.744. The smallest absolute Gasteiger partial charge is 0.0316 e. The Bertz CT molecular complexity index is 183. The van der Waals surface area contributed by atoms with Crippen molar-refractivity contribution in [3.05, 3.63) is 0 Å². The van der Waals surface area contributed by atoms with Gasteiger partial charge in [0.05, 0.1) is 0 Å². The molecule has 2 aliphatic carbocycles. The number of fused-ring (bicyclic) bond motifs is 2. The maximum atomic E-state index is 6.19. The van der Waals surface area contributed by atoms with Crippen LogP contribution in [0.5, 0.6) is 0 Å². The fourth-order valence-electron chi connectivity index (χ4n) is 3.02. The van der Waals surface area contributed by atoms with Crippen molar-refractivity contribution in [2.75, 3.05) is 0 Å². The van der Waals surface area contributed by atoms with Crippen molar-refractivity contribution in [1.82, 2.24) is 0 Å². The lowest BCUT2D eigenvalue weighted by molar-refractivity contribution is 0.169. The maximum absolute atomic E-state index is 6.19. The summed E-state index contributed by atoms with van der Waals surface area (Å²) in [6.07, 6.45) is 3.58. The molecule has 0 aromatic heterocycles. The standard InChI is InChI=1S/C9H18N2/c1-8(2)6-3-4-9(11,5-6)7(8)10/h6-7H,3-5,10-11H2,1-2H3/t6-,7-,9+/m0/s1. The Balaban J connectivity index is 2.34. The molecule has 2 rings (SSSR count). The van der Waals surface area contributed by atoms with Crippen molar-refractivity contribution >= 4 is 0 Å². The van der Waals surface area contributed by atoms with Crippen LogP contribution in [-0.4, -0.2) is 11.6 Å². The highest BCUT2D eigenvalue weighted by molar-refractivity contribution is 5.16. The highest BCUT2D eigenvalue weighted by atomic mass is 14.9. The quantitative estimate of drug-likeness (QED) is 0.543. The summed E-state index contributed by atoms with van der Waals surface area (Å²) in [5.74, 6) is 0.780. The molecule has 4 N–H and O–H groups in total. The molecule has 0 heterocycles. The molecule has 2 saturated carbocycles. The van der Waals surface area contributed by atoms with E-state index >= 15 is 0 Å². The Morgan fingerprint density at radius 2 is 2.00 bits per heavy atom. The first-order chi connectivity index (χ1) is 4.97. The Labute approximate surface area is 68.3 Å². The lowest BCUT2D eigenvalue weighted by atomic mass is 9.71. The van der Waals surface area contributed by atoms with Crippen molar-refractivity contribution in [3.63, 3.8) is 0 Å². The van der Waals surface area contributed by atoms with E-state index in [1.807, 2.05) is 0 Å². The maximum Gasteiger partial charge on any atom is 0.0316 e. The van der Waals surface area contributed by atoms with E-state index in [-0.39, 0.29) is 17.0 Å². The molecule has 0 aromatic rings. The van der Waals surface area contributed by atoms with E-state index < -0.39 is 0 Å². The molecule has 2 fully saturated rings. The van der Waals surface area contributed by atoms with Crippen LogP contribution in [0, 0.1) is 11.3 Å². The summed E-state index contributed by atoms with van der Waals surface area (Å²) in [5, 5.41) is 0. The minimum Gasteiger partial charge on any atom is -0.326 e. The zero-order chi connectivity index (χ0) is 8.28. The van der Waals surface area contributed by atoms with Gasteiger partial charge in [-0.15, -0.1) is 0 Å². The van der Waals surface area contributed by atoms with E-state index in [4.69, 9.17) is 11.5 Å². The van der Waals surface area contributed by atoms with Gasteiger partial charge in [-0.25, -0.2) is 0 Å². The number of rotatable bonds is 0. The van der Waals surface area contributed by atoms with Gasteiger partial charge in [-0.1, -0.05) is 13.8 Å². The highest BCUT2D eigenvalue weighted by Crippen LogP contribution is 2.55. The number of hydrogen-bond donors (Lipinski definition) is 2. The molecule has 0 saturated heterocycles. The van der Waals surface area contributed by atoms with Gasteiger partial charge in [0.2, 0.25) is 0 Å². The van der Waals surface area contributed by atoms with Gasteiger partial charge in [-0.05, 0) is 30.6 Å². The van der Waals surface area contributed by atoms with Gasteiger partial charge < -0.3 is 11.5 Å². The van der Waals surface area contributed by atoms with Crippen LogP contribution < -0.4 is 11.5 Å². The number of nitrogens with two attached hydrogens (primary N) is 2. The molecule has 0 radical (unpaired) electrons. The van der Waals surface area contributed by atoms with Crippen LogP contribution in [0.2, 0.25) is 0 Å². The highest BCUT2D eigenvalue weighted by Gasteiger charge is 2.58. The van der Waals surface area contributed by atoms with E-state index in [0.717, 1.165) is 18.8 Å². The summed E-state index contributed by atoms with van der Waals surface area (Å²) in [7, 11) is 0.